The summed E-state index contributed by atoms with van der Waals surface area (Å²) in [7, 11) is 0. The Morgan fingerprint density at radius 1 is 0.759 bits per heavy atom. The van der Waals surface area contributed by atoms with Gasteiger partial charge in [0.05, 0.1) is 18.2 Å². The molecule has 12 aliphatic rings. The number of ether oxygens (including phenoxy) is 1. The standard InChI is InChI=1S/C49H70N4O/c1-49-27-8-7-18-39(49)47(36-17-11-22-45-46(36)35-16-10-21-44(35)54-45)50-48(51-49)53-41-20-9-15-34(41)38-29-31(24-26-43(38)53)30-23-25-42-37(28-30)33-14-5-6-19-40(33)52(42)32-12-3-2-4-13-32/h3,6,12-13,19,28,31,33-46,48,51H,2,4-5,7-11,14-18,20-27,29H2,1H3. The molecule has 1 N–H and O–H groups in total. The number of fused-ring (bicyclic) bond motifs is 10. The van der Waals surface area contributed by atoms with Crippen molar-refractivity contribution in [3.63, 3.8) is 0 Å². The highest BCUT2D eigenvalue weighted by molar-refractivity contribution is 5.91. The lowest BCUT2D eigenvalue weighted by Crippen LogP contribution is -2.66. The molecule has 0 aromatic heterocycles. The molecule has 17 atom stereocenters. The second-order valence-electron chi connectivity index (χ2n) is 21.2. The molecule has 8 fully saturated rings. The lowest BCUT2D eigenvalue weighted by molar-refractivity contribution is 0.00720. The summed E-state index contributed by atoms with van der Waals surface area (Å²) in [5.41, 5.74) is 5.29. The van der Waals surface area contributed by atoms with E-state index in [1.807, 2.05) is 5.57 Å². The third-order valence-electron chi connectivity index (χ3n) is 18.9. The van der Waals surface area contributed by atoms with Gasteiger partial charge in [-0.3, -0.25) is 15.2 Å². The average Bonchev–Trinajstić information content (AvgIpc) is 4.03. The Bertz CT molecular complexity index is 1630. The Labute approximate surface area is 327 Å². The number of nitrogens with one attached hydrogen (secondary N) is 1. The molecule has 4 heterocycles. The first-order valence-corrected chi connectivity index (χ1v) is 23.9. The van der Waals surface area contributed by atoms with Crippen molar-refractivity contribution in [1.82, 2.24) is 15.1 Å². The van der Waals surface area contributed by atoms with E-state index in [1.54, 1.807) is 5.71 Å². The SMILES string of the molecule is CC12CCCCC1C(C1CCCC3OC4CCCC4C31)=NC(N1C3CCCC3C3CC(C4=CC5C6CCC=CC6N(C6=CCCC=C6)C5CC4)CCC31)N2. The predicted molar refractivity (Wildman–Crippen MR) is 218 cm³/mol. The summed E-state index contributed by atoms with van der Waals surface area (Å²) in [4.78, 5) is 12.1. The predicted octanol–water partition coefficient (Wildman–Crippen LogP) is 10.1. The zero-order chi connectivity index (χ0) is 35.5. The molecule has 0 bridgehead atoms. The molecule has 5 saturated carbocycles. The van der Waals surface area contributed by atoms with Crippen LogP contribution in [0.4, 0.5) is 0 Å². The Morgan fingerprint density at radius 3 is 2.59 bits per heavy atom. The highest BCUT2D eigenvalue weighted by Gasteiger charge is 2.59. The zero-order valence-corrected chi connectivity index (χ0v) is 33.5. The highest BCUT2D eigenvalue weighted by atomic mass is 16.5. The topological polar surface area (TPSA) is 40.1 Å². The molecule has 0 amide bonds. The summed E-state index contributed by atoms with van der Waals surface area (Å²) in [6, 6.07) is 2.75. The van der Waals surface area contributed by atoms with Crippen molar-refractivity contribution in [2.75, 3.05) is 0 Å². The summed E-state index contributed by atoms with van der Waals surface area (Å²) in [6.07, 6.45) is 46.6. The van der Waals surface area contributed by atoms with Crippen LogP contribution in [-0.4, -0.2) is 63.7 Å². The van der Waals surface area contributed by atoms with E-state index in [9.17, 15) is 0 Å². The second kappa shape index (κ2) is 13.4. The van der Waals surface area contributed by atoms with Crippen LogP contribution >= 0.6 is 0 Å². The van der Waals surface area contributed by atoms with Gasteiger partial charge in [-0.2, -0.15) is 0 Å². The maximum Gasteiger partial charge on any atom is 0.156 e. The first-order chi connectivity index (χ1) is 26.6. The number of nitrogens with zero attached hydrogens (tertiary/aromatic N) is 3. The third kappa shape index (κ3) is 5.27. The van der Waals surface area contributed by atoms with Gasteiger partial charge in [-0.05, 0) is 158 Å². The number of aliphatic imine (C=N–C) groups is 1. The summed E-state index contributed by atoms with van der Waals surface area (Å²) < 4.78 is 6.87. The third-order valence-corrected chi connectivity index (χ3v) is 18.9. The molecule has 8 aliphatic carbocycles. The maximum absolute atomic E-state index is 6.87. The number of allylic oxidation sites excluding steroid dienone is 5. The molecule has 0 aromatic carbocycles. The van der Waals surface area contributed by atoms with Crippen LogP contribution in [-0.2, 0) is 4.74 Å². The Hall–Kier alpha value is -1.69. The van der Waals surface area contributed by atoms with E-state index in [4.69, 9.17) is 9.73 Å². The molecule has 54 heavy (non-hydrogen) atoms. The van der Waals surface area contributed by atoms with E-state index in [1.165, 1.54) is 147 Å². The van der Waals surface area contributed by atoms with Crippen LogP contribution in [0.5, 0.6) is 0 Å². The number of hydrogen-bond donors (Lipinski definition) is 1. The summed E-state index contributed by atoms with van der Waals surface area (Å²) in [5.74, 6) is 6.92. The minimum atomic E-state index is 0.192. The summed E-state index contributed by atoms with van der Waals surface area (Å²) in [5, 5.41) is 4.43. The van der Waals surface area contributed by atoms with Gasteiger partial charge in [-0.25, -0.2) is 0 Å². The van der Waals surface area contributed by atoms with Gasteiger partial charge in [0.2, 0.25) is 0 Å². The molecule has 3 saturated heterocycles. The summed E-state index contributed by atoms with van der Waals surface area (Å²) >= 11 is 0. The lowest BCUT2D eigenvalue weighted by Gasteiger charge is -2.54. The largest absolute Gasteiger partial charge is 0.374 e. The van der Waals surface area contributed by atoms with Crippen LogP contribution in [0, 0.1) is 53.3 Å². The van der Waals surface area contributed by atoms with Crippen LogP contribution in [0.15, 0.2) is 52.7 Å². The van der Waals surface area contributed by atoms with Crippen LogP contribution in [0.2, 0.25) is 0 Å². The minimum Gasteiger partial charge on any atom is -0.374 e. The van der Waals surface area contributed by atoms with Crippen LogP contribution in [0.1, 0.15) is 148 Å². The number of rotatable bonds is 4. The van der Waals surface area contributed by atoms with Crippen molar-refractivity contribution in [1.29, 1.82) is 0 Å². The van der Waals surface area contributed by atoms with E-state index in [0.717, 1.165) is 47.5 Å². The van der Waals surface area contributed by atoms with Crippen molar-refractivity contribution in [2.45, 2.75) is 196 Å². The molecular formula is C49H70N4O. The Morgan fingerprint density at radius 2 is 1.65 bits per heavy atom. The monoisotopic (exact) mass is 731 g/mol. The van der Waals surface area contributed by atoms with Crippen molar-refractivity contribution in [2.24, 2.45) is 58.3 Å². The molecule has 17 unspecified atom stereocenters. The van der Waals surface area contributed by atoms with E-state index in [-0.39, 0.29) is 11.8 Å². The fourth-order valence-corrected chi connectivity index (χ4v) is 16.8. The minimum absolute atomic E-state index is 0.192. The fraction of sp³-hybridized carbons (Fsp3) is 0.816. The van der Waals surface area contributed by atoms with E-state index >= 15 is 0 Å². The van der Waals surface area contributed by atoms with Gasteiger partial charge < -0.3 is 9.64 Å². The van der Waals surface area contributed by atoms with Gasteiger partial charge >= 0.3 is 0 Å². The zero-order valence-electron chi connectivity index (χ0n) is 33.5. The van der Waals surface area contributed by atoms with Crippen LogP contribution < -0.4 is 5.32 Å². The van der Waals surface area contributed by atoms with Gasteiger partial charge in [0.15, 0.2) is 6.29 Å². The second-order valence-corrected chi connectivity index (χ2v) is 21.2. The smallest absolute Gasteiger partial charge is 0.156 e. The van der Waals surface area contributed by atoms with Gasteiger partial charge in [-0.1, -0.05) is 68.1 Å². The first kappa shape index (κ1) is 34.4. The van der Waals surface area contributed by atoms with E-state index < -0.39 is 0 Å². The van der Waals surface area contributed by atoms with Gasteiger partial charge in [0.1, 0.15) is 0 Å². The number of hydrogen-bond acceptors (Lipinski definition) is 5. The quantitative estimate of drug-likeness (QED) is 0.293. The van der Waals surface area contributed by atoms with E-state index in [2.05, 4.69) is 58.5 Å². The molecule has 0 spiro atoms. The molecular weight excluding hydrogens is 661 g/mol. The fourth-order valence-electron chi connectivity index (χ4n) is 16.8. The summed E-state index contributed by atoms with van der Waals surface area (Å²) in [6.45, 7) is 2.64. The Kier molecular flexibility index (Phi) is 8.55. The molecule has 12 rings (SSSR count). The molecule has 4 aliphatic heterocycles. The van der Waals surface area contributed by atoms with Crippen molar-refractivity contribution < 1.29 is 4.74 Å². The van der Waals surface area contributed by atoms with Crippen LogP contribution in [0.25, 0.3) is 0 Å². The van der Waals surface area contributed by atoms with Crippen molar-refractivity contribution in [3.8, 4) is 0 Å². The van der Waals surface area contributed by atoms with E-state index in [0.29, 0.717) is 42.2 Å². The highest BCUT2D eigenvalue weighted by Crippen LogP contribution is 2.58. The van der Waals surface area contributed by atoms with Gasteiger partial charge in [0, 0.05) is 52.8 Å². The molecule has 0 aromatic rings. The molecule has 5 heteroatoms. The van der Waals surface area contributed by atoms with Gasteiger partial charge in [-0.15, -0.1) is 0 Å². The lowest BCUT2D eigenvalue weighted by atomic mass is 9.62. The van der Waals surface area contributed by atoms with Crippen molar-refractivity contribution in [3.05, 3.63) is 47.7 Å². The first-order valence-electron chi connectivity index (χ1n) is 23.9. The number of likely N-dealkylation sites (tertiary alicyclic amines) is 2. The molecule has 5 nitrogen and oxygen atoms in total. The average molecular weight is 731 g/mol. The van der Waals surface area contributed by atoms with Crippen molar-refractivity contribution >= 4 is 5.71 Å². The Balaban J connectivity index is 0.831. The van der Waals surface area contributed by atoms with Crippen LogP contribution in [0.3, 0.4) is 0 Å². The van der Waals surface area contributed by atoms with Gasteiger partial charge in [0.25, 0.3) is 0 Å². The maximum atomic E-state index is 6.87. The normalized spacial score (nSPS) is 52.0. The molecule has 0 radical (unpaired) electrons. The molecule has 292 valence electrons.